The average molecular weight is 328 g/mol. The lowest BCUT2D eigenvalue weighted by Crippen LogP contribution is -2.36. The van der Waals surface area contributed by atoms with Crippen molar-refractivity contribution in [3.05, 3.63) is 16.5 Å². The molecule has 0 saturated heterocycles. The Morgan fingerprint density at radius 2 is 1.95 bits per heavy atom. The van der Waals surface area contributed by atoms with E-state index in [4.69, 9.17) is 0 Å². The number of aromatic nitrogens is 2. The zero-order valence-corrected chi connectivity index (χ0v) is 13.0. The number of nitrogens with zero attached hydrogens (tertiary/aromatic N) is 2. The molecule has 0 unspecified atom stereocenters. The van der Waals surface area contributed by atoms with Crippen LogP contribution in [0, 0.1) is 0 Å². The minimum atomic E-state index is -0.583. The molecule has 2 N–H and O–H groups in total. The number of anilines is 1. The molecule has 5 heteroatoms. The first-order valence-corrected chi connectivity index (χ1v) is 7.90. The van der Waals surface area contributed by atoms with Gasteiger partial charge in [0, 0.05) is 19.0 Å². The molecule has 19 heavy (non-hydrogen) atoms. The van der Waals surface area contributed by atoms with Crippen molar-refractivity contribution in [1.82, 2.24) is 9.97 Å². The van der Waals surface area contributed by atoms with Crippen LogP contribution in [0.5, 0.6) is 0 Å². The van der Waals surface area contributed by atoms with Crippen molar-refractivity contribution in [2.24, 2.45) is 0 Å². The van der Waals surface area contributed by atoms with Crippen LogP contribution in [0.4, 0.5) is 5.82 Å². The topological polar surface area (TPSA) is 58.0 Å². The van der Waals surface area contributed by atoms with Gasteiger partial charge in [0.05, 0.1) is 5.60 Å². The van der Waals surface area contributed by atoms with Gasteiger partial charge in [-0.2, -0.15) is 0 Å². The zero-order valence-electron chi connectivity index (χ0n) is 11.5. The van der Waals surface area contributed by atoms with Gasteiger partial charge in [0.25, 0.3) is 0 Å². The third kappa shape index (κ3) is 4.42. The highest BCUT2D eigenvalue weighted by molar-refractivity contribution is 9.10. The van der Waals surface area contributed by atoms with Crippen LogP contribution in [0.25, 0.3) is 0 Å². The van der Waals surface area contributed by atoms with Crippen LogP contribution in [0.2, 0.25) is 0 Å². The first-order valence-electron chi connectivity index (χ1n) is 7.11. The van der Waals surface area contributed by atoms with Crippen LogP contribution in [-0.2, 0) is 6.42 Å². The molecule has 0 bridgehead atoms. The van der Waals surface area contributed by atoms with Crippen molar-refractivity contribution in [1.29, 1.82) is 0 Å². The molecule has 1 aliphatic rings. The summed E-state index contributed by atoms with van der Waals surface area (Å²) in [4.78, 5) is 8.71. The van der Waals surface area contributed by atoms with E-state index in [0.717, 1.165) is 48.3 Å². The van der Waals surface area contributed by atoms with Gasteiger partial charge in [-0.05, 0) is 28.8 Å². The van der Waals surface area contributed by atoms with Gasteiger partial charge in [0.15, 0.2) is 0 Å². The van der Waals surface area contributed by atoms with Gasteiger partial charge in [0.1, 0.15) is 16.2 Å². The first-order chi connectivity index (χ1) is 9.11. The Labute approximate surface area is 123 Å². The highest BCUT2D eigenvalue weighted by Crippen LogP contribution is 2.27. The van der Waals surface area contributed by atoms with E-state index in [1.54, 1.807) is 0 Å². The van der Waals surface area contributed by atoms with Gasteiger partial charge in [-0.3, -0.25) is 0 Å². The molecule has 0 aromatic carbocycles. The van der Waals surface area contributed by atoms with E-state index >= 15 is 0 Å². The van der Waals surface area contributed by atoms with Crippen molar-refractivity contribution in [2.45, 2.75) is 57.5 Å². The lowest BCUT2D eigenvalue weighted by Gasteiger charge is -2.27. The second-order valence-electron chi connectivity index (χ2n) is 5.34. The molecule has 1 aromatic heterocycles. The number of aryl methyl sites for hydroxylation is 1. The Balaban J connectivity index is 1.99. The molecule has 0 amide bonds. The minimum Gasteiger partial charge on any atom is -0.388 e. The van der Waals surface area contributed by atoms with E-state index in [-0.39, 0.29) is 0 Å². The van der Waals surface area contributed by atoms with E-state index in [9.17, 15) is 5.11 Å². The van der Waals surface area contributed by atoms with Crippen molar-refractivity contribution in [3.63, 3.8) is 0 Å². The Hall–Kier alpha value is -0.680. The molecule has 0 aliphatic heterocycles. The van der Waals surface area contributed by atoms with Crippen LogP contribution in [0.15, 0.2) is 10.7 Å². The second-order valence-corrected chi connectivity index (χ2v) is 6.15. The Bertz CT molecular complexity index is 417. The van der Waals surface area contributed by atoms with Gasteiger partial charge in [-0.1, -0.05) is 32.6 Å². The molecule has 2 rings (SSSR count). The molecular formula is C14H22BrN3O. The third-order valence-corrected chi connectivity index (χ3v) is 4.10. The summed E-state index contributed by atoms with van der Waals surface area (Å²) in [7, 11) is 0. The van der Waals surface area contributed by atoms with Crippen molar-refractivity contribution in [2.75, 3.05) is 11.9 Å². The number of aliphatic hydroxyl groups is 1. The van der Waals surface area contributed by atoms with Crippen LogP contribution < -0.4 is 5.32 Å². The monoisotopic (exact) mass is 327 g/mol. The zero-order chi connectivity index (χ0) is 13.7. The Morgan fingerprint density at radius 3 is 2.58 bits per heavy atom. The molecule has 0 atom stereocenters. The summed E-state index contributed by atoms with van der Waals surface area (Å²) in [6.07, 6.45) is 7.28. The summed E-state index contributed by atoms with van der Waals surface area (Å²) in [6, 6.07) is 1.86. The maximum atomic E-state index is 10.6. The highest BCUT2D eigenvalue weighted by atomic mass is 79.9. The van der Waals surface area contributed by atoms with Gasteiger partial charge in [-0.25, -0.2) is 9.97 Å². The Morgan fingerprint density at radius 1 is 1.26 bits per heavy atom. The van der Waals surface area contributed by atoms with E-state index < -0.39 is 5.60 Å². The molecule has 1 aliphatic carbocycles. The number of hydrogen-bond acceptors (Lipinski definition) is 4. The molecule has 0 radical (unpaired) electrons. The van der Waals surface area contributed by atoms with Crippen LogP contribution in [-0.4, -0.2) is 27.2 Å². The number of halogens is 1. The summed E-state index contributed by atoms with van der Waals surface area (Å²) in [5, 5.41) is 13.9. The highest BCUT2D eigenvalue weighted by Gasteiger charge is 2.27. The van der Waals surface area contributed by atoms with E-state index in [0.29, 0.717) is 6.54 Å². The van der Waals surface area contributed by atoms with Gasteiger partial charge in [0.2, 0.25) is 0 Å². The predicted octanol–water partition coefficient (Wildman–Crippen LogP) is 3.30. The number of nitrogens with one attached hydrogen (secondary N) is 1. The molecule has 106 valence electrons. The van der Waals surface area contributed by atoms with Gasteiger partial charge >= 0.3 is 0 Å². The maximum absolute atomic E-state index is 10.6. The normalized spacial score (nSPS) is 18.9. The standard InChI is InChI=1S/C14H22BrN3O/c1-2-12-17-11(15)9-13(18-12)16-10-14(19)7-5-3-4-6-8-14/h9,19H,2-8,10H2,1H3,(H,16,17,18). The summed E-state index contributed by atoms with van der Waals surface area (Å²) < 4.78 is 0.787. The molecule has 1 aromatic rings. The quantitative estimate of drug-likeness (QED) is 0.658. The third-order valence-electron chi connectivity index (χ3n) is 3.69. The lowest BCUT2D eigenvalue weighted by atomic mass is 9.94. The summed E-state index contributed by atoms with van der Waals surface area (Å²) in [5.74, 6) is 1.60. The molecule has 4 nitrogen and oxygen atoms in total. The molecule has 1 heterocycles. The Kier molecular flexibility index (Phi) is 5.16. The minimum absolute atomic E-state index is 0.569. The van der Waals surface area contributed by atoms with E-state index in [1.165, 1.54) is 12.8 Å². The summed E-state index contributed by atoms with van der Waals surface area (Å²) in [5.41, 5.74) is -0.583. The SMILES string of the molecule is CCc1nc(Br)cc(NCC2(O)CCCCCC2)n1. The van der Waals surface area contributed by atoms with E-state index in [2.05, 4.69) is 31.2 Å². The molecule has 1 fully saturated rings. The fourth-order valence-electron chi connectivity index (χ4n) is 2.53. The molecule has 1 saturated carbocycles. The predicted molar refractivity (Wildman–Crippen MR) is 80.3 cm³/mol. The van der Waals surface area contributed by atoms with Crippen molar-refractivity contribution < 1.29 is 5.11 Å². The average Bonchev–Trinajstić information content (AvgIpc) is 2.61. The first kappa shape index (κ1) is 14.7. The largest absolute Gasteiger partial charge is 0.388 e. The van der Waals surface area contributed by atoms with Gasteiger partial charge in [-0.15, -0.1) is 0 Å². The summed E-state index contributed by atoms with van der Waals surface area (Å²) >= 11 is 3.39. The van der Waals surface area contributed by atoms with Crippen LogP contribution >= 0.6 is 15.9 Å². The van der Waals surface area contributed by atoms with E-state index in [1.807, 2.05) is 13.0 Å². The summed E-state index contributed by atoms with van der Waals surface area (Å²) in [6.45, 7) is 2.60. The maximum Gasteiger partial charge on any atom is 0.131 e. The van der Waals surface area contributed by atoms with Crippen LogP contribution in [0.1, 0.15) is 51.3 Å². The van der Waals surface area contributed by atoms with Crippen molar-refractivity contribution >= 4 is 21.7 Å². The van der Waals surface area contributed by atoms with Crippen molar-refractivity contribution in [3.8, 4) is 0 Å². The fourth-order valence-corrected chi connectivity index (χ4v) is 2.95. The smallest absolute Gasteiger partial charge is 0.131 e. The molecular weight excluding hydrogens is 306 g/mol. The van der Waals surface area contributed by atoms with Crippen LogP contribution in [0.3, 0.4) is 0 Å². The number of hydrogen-bond donors (Lipinski definition) is 2. The second kappa shape index (κ2) is 6.66. The molecule has 0 spiro atoms. The van der Waals surface area contributed by atoms with Gasteiger partial charge < -0.3 is 10.4 Å². The fraction of sp³-hybridized carbons (Fsp3) is 0.714. The lowest BCUT2D eigenvalue weighted by molar-refractivity contribution is 0.0380. The number of rotatable bonds is 4.